The molecule has 0 fully saturated rings. The van der Waals surface area contributed by atoms with Gasteiger partial charge in [0.1, 0.15) is 18.3 Å². The lowest BCUT2D eigenvalue weighted by Crippen LogP contribution is -2.41. The number of nitrogens with one attached hydrogen (secondary N) is 2. The van der Waals surface area contributed by atoms with E-state index in [1.165, 1.54) is 6.07 Å². The Morgan fingerprint density at radius 1 is 0.947 bits per heavy atom. The summed E-state index contributed by atoms with van der Waals surface area (Å²) in [4.78, 5) is 44.8. The normalized spacial score (nSPS) is 12.6. The van der Waals surface area contributed by atoms with Gasteiger partial charge < -0.3 is 20.5 Å². The van der Waals surface area contributed by atoms with Crippen LogP contribution in [-0.4, -0.2) is 46.2 Å². The molecule has 12 nitrogen and oxygen atoms in total. The molecule has 1 aliphatic carbocycles. The Balaban J connectivity index is 1.30. The Kier molecular flexibility index (Phi) is 7.80. The summed E-state index contributed by atoms with van der Waals surface area (Å²) in [6, 6.07) is 17.6. The van der Waals surface area contributed by atoms with Crippen LogP contribution in [0.2, 0.25) is 0 Å². The molecule has 0 aliphatic heterocycles. The summed E-state index contributed by atoms with van der Waals surface area (Å²) in [7, 11) is 0. The van der Waals surface area contributed by atoms with Crippen molar-refractivity contribution < 1.29 is 29.3 Å². The number of carboxylic acid groups (broad SMARTS) is 1. The fourth-order valence-electron chi connectivity index (χ4n) is 4.50. The zero-order chi connectivity index (χ0) is 27.2. The minimum absolute atomic E-state index is 0.0211. The summed E-state index contributed by atoms with van der Waals surface area (Å²) in [5.74, 6) is -1.42. The van der Waals surface area contributed by atoms with Crippen molar-refractivity contribution in [3.8, 4) is 11.1 Å². The highest BCUT2D eigenvalue weighted by molar-refractivity contribution is 5.81. The van der Waals surface area contributed by atoms with E-state index < -0.39 is 39.3 Å². The number of nitro benzene ring substituents is 2. The molecule has 4 rings (SSSR count). The van der Waals surface area contributed by atoms with Gasteiger partial charge in [-0.1, -0.05) is 48.5 Å². The highest BCUT2D eigenvalue weighted by atomic mass is 16.6. The lowest BCUT2D eigenvalue weighted by atomic mass is 9.98. The number of aliphatic carboxylic acids is 1. The predicted molar refractivity (Wildman–Crippen MR) is 137 cm³/mol. The minimum Gasteiger partial charge on any atom is -0.480 e. The van der Waals surface area contributed by atoms with Crippen molar-refractivity contribution in [2.75, 3.05) is 18.5 Å². The number of carbonyl (C=O) groups excluding carboxylic acids is 1. The first-order chi connectivity index (χ1) is 18.3. The monoisotopic (exact) mass is 520 g/mol. The zero-order valence-corrected chi connectivity index (χ0v) is 20.0. The van der Waals surface area contributed by atoms with E-state index in [1.54, 1.807) is 0 Å². The lowest BCUT2D eigenvalue weighted by Gasteiger charge is -2.17. The largest absolute Gasteiger partial charge is 0.480 e. The van der Waals surface area contributed by atoms with Crippen molar-refractivity contribution in [1.82, 2.24) is 5.32 Å². The third kappa shape index (κ3) is 5.69. The maximum absolute atomic E-state index is 12.5. The molecule has 3 N–H and O–H groups in total. The van der Waals surface area contributed by atoms with E-state index in [9.17, 15) is 34.9 Å². The second-order valence-electron chi connectivity index (χ2n) is 8.65. The first-order valence-electron chi connectivity index (χ1n) is 11.8. The number of hydrogen-bond acceptors (Lipinski definition) is 8. The van der Waals surface area contributed by atoms with E-state index in [0.29, 0.717) is 0 Å². The number of ether oxygens (including phenoxy) is 1. The summed E-state index contributed by atoms with van der Waals surface area (Å²) in [5.41, 5.74) is 3.39. The Morgan fingerprint density at radius 3 is 2.16 bits per heavy atom. The Morgan fingerprint density at radius 2 is 1.58 bits per heavy atom. The molecule has 3 aromatic rings. The number of rotatable bonds is 11. The molecule has 0 heterocycles. The van der Waals surface area contributed by atoms with Crippen LogP contribution in [-0.2, 0) is 9.53 Å². The van der Waals surface area contributed by atoms with E-state index in [4.69, 9.17) is 4.74 Å². The molecule has 196 valence electrons. The molecule has 0 radical (unpaired) electrons. The van der Waals surface area contributed by atoms with Gasteiger partial charge in [0.15, 0.2) is 0 Å². The van der Waals surface area contributed by atoms with Gasteiger partial charge in [0.05, 0.1) is 15.9 Å². The number of nitrogens with zero attached hydrogens (tertiary/aromatic N) is 2. The molecule has 1 amide bonds. The van der Waals surface area contributed by atoms with E-state index >= 15 is 0 Å². The van der Waals surface area contributed by atoms with Crippen LogP contribution < -0.4 is 10.6 Å². The van der Waals surface area contributed by atoms with Crippen LogP contribution in [0.5, 0.6) is 0 Å². The Hall–Kier alpha value is -5.00. The summed E-state index contributed by atoms with van der Waals surface area (Å²) >= 11 is 0. The number of benzene rings is 3. The average molecular weight is 520 g/mol. The molecule has 1 aliphatic rings. The van der Waals surface area contributed by atoms with Gasteiger partial charge in [-0.15, -0.1) is 0 Å². The van der Waals surface area contributed by atoms with Gasteiger partial charge in [-0.3, -0.25) is 20.2 Å². The minimum atomic E-state index is -1.25. The van der Waals surface area contributed by atoms with Gasteiger partial charge in [-0.2, -0.15) is 0 Å². The summed E-state index contributed by atoms with van der Waals surface area (Å²) in [6.45, 7) is 0.173. The molecule has 12 heteroatoms. The molecule has 0 spiro atoms. The van der Waals surface area contributed by atoms with E-state index in [0.717, 1.165) is 34.4 Å². The molecule has 38 heavy (non-hydrogen) atoms. The number of nitro groups is 2. The summed E-state index contributed by atoms with van der Waals surface area (Å²) < 4.78 is 5.41. The van der Waals surface area contributed by atoms with Gasteiger partial charge in [-0.05, 0) is 41.2 Å². The van der Waals surface area contributed by atoms with Crippen molar-refractivity contribution >= 4 is 29.1 Å². The number of alkyl carbamates (subject to hydrolysis) is 1. The smallest absolute Gasteiger partial charge is 0.407 e. The van der Waals surface area contributed by atoms with E-state index in [2.05, 4.69) is 10.6 Å². The van der Waals surface area contributed by atoms with Crippen LogP contribution in [0, 0.1) is 20.2 Å². The first-order valence-corrected chi connectivity index (χ1v) is 11.8. The Labute approximate surface area is 216 Å². The number of carboxylic acids is 1. The van der Waals surface area contributed by atoms with E-state index in [-0.39, 0.29) is 37.6 Å². The van der Waals surface area contributed by atoms with Gasteiger partial charge in [0, 0.05) is 18.5 Å². The molecule has 0 saturated carbocycles. The van der Waals surface area contributed by atoms with Crippen molar-refractivity contribution in [1.29, 1.82) is 0 Å². The maximum atomic E-state index is 12.5. The standard InChI is InChI=1S/C26H24N4O8/c31-25(32)23(10-5-13-27-22-12-11-16(29(34)35)14-24(22)30(36)37)28-26(33)38-15-21-19-8-3-1-6-17(19)18-7-2-4-9-20(18)21/h1-4,6-9,11-12,14,21,23,27H,5,10,13,15H2,(H,28,33)(H,31,32)/t23-/m0/s1. The van der Waals surface area contributed by atoms with Crippen molar-refractivity contribution in [3.05, 3.63) is 98.1 Å². The molecular formula is C26H24N4O8. The van der Waals surface area contributed by atoms with Crippen LogP contribution in [0.25, 0.3) is 11.1 Å². The van der Waals surface area contributed by atoms with Crippen LogP contribution in [0.3, 0.4) is 0 Å². The number of fused-ring (bicyclic) bond motifs is 3. The SMILES string of the molecule is O=C(N[C@@H](CCCNc1ccc([N+](=O)[O-])cc1[N+](=O)[O-])C(=O)O)OCC1c2ccccc2-c2ccccc21. The second kappa shape index (κ2) is 11.4. The topological polar surface area (TPSA) is 174 Å². The number of amides is 1. The number of carbonyl (C=O) groups is 2. The molecule has 0 aromatic heterocycles. The molecule has 0 bridgehead atoms. The highest BCUT2D eigenvalue weighted by Gasteiger charge is 2.29. The Bertz CT molecular complexity index is 1350. The second-order valence-corrected chi connectivity index (χ2v) is 8.65. The molecule has 0 unspecified atom stereocenters. The third-order valence-electron chi connectivity index (χ3n) is 6.31. The van der Waals surface area contributed by atoms with Gasteiger partial charge in [0.2, 0.25) is 0 Å². The van der Waals surface area contributed by atoms with Crippen molar-refractivity contribution in [2.24, 2.45) is 0 Å². The van der Waals surface area contributed by atoms with Crippen LogP contribution in [0.1, 0.15) is 29.9 Å². The highest BCUT2D eigenvalue weighted by Crippen LogP contribution is 2.44. The molecule has 1 atom stereocenters. The average Bonchev–Trinajstić information content (AvgIpc) is 3.22. The number of hydrogen-bond donors (Lipinski definition) is 3. The molecule has 3 aromatic carbocycles. The molecule has 0 saturated heterocycles. The summed E-state index contributed by atoms with van der Waals surface area (Å²) in [5, 5.41) is 36.8. The fourth-order valence-corrected chi connectivity index (χ4v) is 4.50. The first kappa shape index (κ1) is 26.1. The summed E-state index contributed by atoms with van der Waals surface area (Å²) in [6.07, 6.45) is -0.611. The van der Waals surface area contributed by atoms with Crippen molar-refractivity contribution in [3.63, 3.8) is 0 Å². The number of non-ortho nitro benzene ring substituents is 1. The quantitative estimate of drug-likeness (QED) is 0.184. The third-order valence-corrected chi connectivity index (χ3v) is 6.31. The fraction of sp³-hybridized carbons (Fsp3) is 0.231. The van der Waals surface area contributed by atoms with E-state index in [1.807, 2.05) is 48.5 Å². The maximum Gasteiger partial charge on any atom is 0.407 e. The van der Waals surface area contributed by atoms with Crippen LogP contribution >= 0.6 is 0 Å². The molecular weight excluding hydrogens is 496 g/mol. The predicted octanol–water partition coefficient (Wildman–Crippen LogP) is 4.69. The van der Waals surface area contributed by atoms with Gasteiger partial charge >= 0.3 is 12.1 Å². The van der Waals surface area contributed by atoms with Gasteiger partial charge in [0.25, 0.3) is 11.4 Å². The lowest BCUT2D eigenvalue weighted by molar-refractivity contribution is -0.393. The van der Waals surface area contributed by atoms with Crippen LogP contribution in [0.4, 0.5) is 21.9 Å². The zero-order valence-electron chi connectivity index (χ0n) is 20.0. The number of anilines is 1. The van der Waals surface area contributed by atoms with Gasteiger partial charge in [-0.25, -0.2) is 9.59 Å². The van der Waals surface area contributed by atoms with Crippen LogP contribution in [0.15, 0.2) is 66.7 Å². The van der Waals surface area contributed by atoms with Crippen molar-refractivity contribution in [2.45, 2.75) is 24.8 Å².